The third-order valence-electron chi connectivity index (χ3n) is 3.14. The molecule has 0 saturated heterocycles. The summed E-state index contributed by atoms with van der Waals surface area (Å²) in [5.74, 6) is 0.883. The Morgan fingerprint density at radius 2 is 1.70 bits per heavy atom. The number of hydrogen-bond acceptors (Lipinski definition) is 2. The van der Waals surface area contributed by atoms with Crippen LogP contribution in [0.15, 0.2) is 30.3 Å². The molecule has 0 saturated carbocycles. The first-order chi connectivity index (χ1) is 9.51. The fourth-order valence-electron chi connectivity index (χ4n) is 2.17. The van der Waals surface area contributed by atoms with E-state index in [9.17, 15) is 0 Å². The molecule has 0 fully saturated rings. The molecule has 0 spiro atoms. The molecule has 2 nitrogen and oxygen atoms in total. The summed E-state index contributed by atoms with van der Waals surface area (Å²) in [6, 6.07) is 9.50. The van der Waals surface area contributed by atoms with E-state index in [1.807, 2.05) is 38.1 Å². The molecule has 0 aromatic heterocycles. The number of halogens is 2. The molecule has 2 rings (SSSR count). The Hall–Kier alpha value is -1.22. The molecule has 0 amide bonds. The number of ether oxygens (including phenoxy) is 1. The van der Waals surface area contributed by atoms with Gasteiger partial charge < -0.3 is 10.5 Å². The number of aryl methyl sites for hydroxylation is 2. The minimum absolute atomic E-state index is 0.416. The second-order valence-corrected chi connectivity index (χ2v) is 5.63. The van der Waals surface area contributed by atoms with Crippen LogP contribution in [0.3, 0.4) is 0 Å². The molecule has 20 heavy (non-hydrogen) atoms. The largest absolute Gasteiger partial charge is 0.488 e. The van der Waals surface area contributed by atoms with Crippen LogP contribution in [0.1, 0.15) is 22.3 Å². The van der Waals surface area contributed by atoms with E-state index < -0.39 is 0 Å². The Kier molecular flexibility index (Phi) is 4.92. The Balaban J connectivity index is 2.19. The van der Waals surface area contributed by atoms with Crippen molar-refractivity contribution >= 4 is 23.2 Å². The molecule has 0 radical (unpaired) electrons. The first-order valence-electron chi connectivity index (χ1n) is 6.38. The number of nitrogens with two attached hydrogens (primary N) is 1. The van der Waals surface area contributed by atoms with Crippen LogP contribution < -0.4 is 10.5 Å². The molecule has 0 unspecified atom stereocenters. The standard InChI is InChI=1S/C16H17Cl2NO/c1-10-5-12(8-19)6-11(2)16(10)20-9-13-3-4-14(17)7-15(13)18/h3-7H,8-9,19H2,1-2H3. The second kappa shape index (κ2) is 6.49. The Labute approximate surface area is 129 Å². The highest BCUT2D eigenvalue weighted by Crippen LogP contribution is 2.27. The maximum absolute atomic E-state index is 6.14. The van der Waals surface area contributed by atoms with Gasteiger partial charge in [0.15, 0.2) is 0 Å². The zero-order valence-electron chi connectivity index (χ0n) is 11.5. The van der Waals surface area contributed by atoms with Gasteiger partial charge in [0, 0.05) is 22.2 Å². The van der Waals surface area contributed by atoms with Crippen molar-refractivity contribution in [3.63, 3.8) is 0 Å². The highest BCUT2D eigenvalue weighted by Gasteiger charge is 2.08. The van der Waals surface area contributed by atoms with Gasteiger partial charge in [-0.2, -0.15) is 0 Å². The van der Waals surface area contributed by atoms with E-state index >= 15 is 0 Å². The minimum Gasteiger partial charge on any atom is -0.488 e. The average Bonchev–Trinajstić information content (AvgIpc) is 2.39. The van der Waals surface area contributed by atoms with Crippen LogP contribution >= 0.6 is 23.2 Å². The van der Waals surface area contributed by atoms with Crippen molar-refractivity contribution in [1.82, 2.24) is 0 Å². The van der Waals surface area contributed by atoms with Crippen LogP contribution in [0.25, 0.3) is 0 Å². The molecular formula is C16H17Cl2NO. The van der Waals surface area contributed by atoms with E-state index in [0.29, 0.717) is 23.2 Å². The number of rotatable bonds is 4. The zero-order valence-corrected chi connectivity index (χ0v) is 13.1. The third-order valence-corrected chi connectivity index (χ3v) is 3.73. The molecule has 106 valence electrons. The van der Waals surface area contributed by atoms with Crippen LogP contribution in [0, 0.1) is 13.8 Å². The van der Waals surface area contributed by atoms with E-state index in [4.69, 9.17) is 33.7 Å². The van der Waals surface area contributed by atoms with Crippen molar-refractivity contribution in [2.24, 2.45) is 5.73 Å². The predicted octanol–water partition coefficient (Wildman–Crippen LogP) is 4.65. The second-order valence-electron chi connectivity index (χ2n) is 4.79. The van der Waals surface area contributed by atoms with Gasteiger partial charge in [0.2, 0.25) is 0 Å². The van der Waals surface area contributed by atoms with Gasteiger partial charge in [-0.3, -0.25) is 0 Å². The van der Waals surface area contributed by atoms with Gasteiger partial charge in [-0.05, 0) is 42.7 Å². The van der Waals surface area contributed by atoms with Crippen molar-refractivity contribution in [2.75, 3.05) is 0 Å². The SMILES string of the molecule is Cc1cc(CN)cc(C)c1OCc1ccc(Cl)cc1Cl. The lowest BCUT2D eigenvalue weighted by molar-refractivity contribution is 0.302. The van der Waals surface area contributed by atoms with Gasteiger partial charge >= 0.3 is 0 Å². The maximum Gasteiger partial charge on any atom is 0.125 e. The van der Waals surface area contributed by atoms with Gasteiger partial charge in [-0.1, -0.05) is 41.4 Å². The summed E-state index contributed by atoms with van der Waals surface area (Å²) < 4.78 is 5.91. The van der Waals surface area contributed by atoms with Crippen molar-refractivity contribution < 1.29 is 4.74 Å². The first-order valence-corrected chi connectivity index (χ1v) is 7.13. The molecule has 0 atom stereocenters. The van der Waals surface area contributed by atoms with E-state index in [0.717, 1.165) is 28.0 Å². The monoisotopic (exact) mass is 309 g/mol. The predicted molar refractivity (Wildman–Crippen MR) is 84.6 cm³/mol. The van der Waals surface area contributed by atoms with Crippen LogP contribution in [0.2, 0.25) is 10.0 Å². The van der Waals surface area contributed by atoms with Crippen molar-refractivity contribution in [3.8, 4) is 5.75 Å². The van der Waals surface area contributed by atoms with E-state index in [1.165, 1.54) is 0 Å². The normalized spacial score (nSPS) is 10.7. The smallest absolute Gasteiger partial charge is 0.125 e. The van der Waals surface area contributed by atoms with Gasteiger partial charge in [0.1, 0.15) is 12.4 Å². The summed E-state index contributed by atoms with van der Waals surface area (Å²) in [5, 5.41) is 1.24. The van der Waals surface area contributed by atoms with Crippen molar-refractivity contribution in [1.29, 1.82) is 0 Å². The molecular weight excluding hydrogens is 293 g/mol. The fraction of sp³-hybridized carbons (Fsp3) is 0.250. The molecule has 0 aliphatic heterocycles. The fourth-order valence-corrected chi connectivity index (χ4v) is 2.64. The number of hydrogen-bond donors (Lipinski definition) is 1. The van der Waals surface area contributed by atoms with Gasteiger partial charge in [-0.25, -0.2) is 0 Å². The lowest BCUT2D eigenvalue weighted by Gasteiger charge is -2.14. The minimum atomic E-state index is 0.416. The van der Waals surface area contributed by atoms with Crippen LogP contribution in [0.5, 0.6) is 5.75 Å². The molecule has 2 aromatic carbocycles. The summed E-state index contributed by atoms with van der Waals surface area (Å²) in [5.41, 5.74) is 9.85. The molecule has 4 heteroatoms. The quantitative estimate of drug-likeness (QED) is 0.892. The molecule has 0 bridgehead atoms. The maximum atomic E-state index is 6.14. The van der Waals surface area contributed by atoms with Crippen LogP contribution in [-0.2, 0) is 13.2 Å². The van der Waals surface area contributed by atoms with Gasteiger partial charge in [0.25, 0.3) is 0 Å². The van der Waals surface area contributed by atoms with E-state index in [1.54, 1.807) is 6.07 Å². The molecule has 0 heterocycles. The molecule has 0 aliphatic rings. The molecule has 0 aliphatic carbocycles. The highest BCUT2D eigenvalue weighted by molar-refractivity contribution is 6.35. The summed E-state index contributed by atoms with van der Waals surface area (Å²) in [6.45, 7) is 4.99. The summed E-state index contributed by atoms with van der Waals surface area (Å²) in [7, 11) is 0. The Morgan fingerprint density at radius 3 is 2.25 bits per heavy atom. The summed E-state index contributed by atoms with van der Waals surface area (Å²) >= 11 is 12.0. The topological polar surface area (TPSA) is 35.2 Å². The molecule has 2 N–H and O–H groups in total. The first kappa shape index (κ1) is 15.2. The van der Waals surface area contributed by atoms with Crippen LogP contribution in [0.4, 0.5) is 0 Å². The van der Waals surface area contributed by atoms with Gasteiger partial charge in [0.05, 0.1) is 0 Å². The third kappa shape index (κ3) is 3.45. The highest BCUT2D eigenvalue weighted by atomic mass is 35.5. The summed E-state index contributed by atoms with van der Waals surface area (Å²) in [6.07, 6.45) is 0. The van der Waals surface area contributed by atoms with E-state index in [-0.39, 0.29) is 0 Å². The number of benzene rings is 2. The average molecular weight is 310 g/mol. The van der Waals surface area contributed by atoms with Gasteiger partial charge in [-0.15, -0.1) is 0 Å². The molecule has 2 aromatic rings. The summed E-state index contributed by atoms with van der Waals surface area (Å²) in [4.78, 5) is 0. The zero-order chi connectivity index (χ0) is 14.7. The Morgan fingerprint density at radius 1 is 1.05 bits per heavy atom. The van der Waals surface area contributed by atoms with E-state index in [2.05, 4.69) is 0 Å². The Bertz CT molecular complexity index is 603. The lowest BCUT2D eigenvalue weighted by atomic mass is 10.1. The lowest BCUT2D eigenvalue weighted by Crippen LogP contribution is -2.02. The van der Waals surface area contributed by atoms with Crippen molar-refractivity contribution in [2.45, 2.75) is 27.0 Å². The van der Waals surface area contributed by atoms with Crippen molar-refractivity contribution in [3.05, 3.63) is 62.6 Å². The van der Waals surface area contributed by atoms with Crippen LogP contribution in [-0.4, -0.2) is 0 Å².